The molecule has 0 aliphatic rings. The molecule has 0 aliphatic carbocycles. The first-order chi connectivity index (χ1) is 12.2. The van der Waals surface area contributed by atoms with Crippen LogP contribution in [0.1, 0.15) is 19.4 Å². The predicted molar refractivity (Wildman–Crippen MR) is 103 cm³/mol. The molecule has 5 nitrogen and oxygen atoms in total. The molecular formula is C20H22N4O. The van der Waals surface area contributed by atoms with Crippen molar-refractivity contribution >= 4 is 33.9 Å². The number of carbonyl (C=O) groups excluding carboxylic acids is 1. The molecule has 0 unspecified atom stereocenters. The third-order valence-corrected chi connectivity index (χ3v) is 4.27. The number of aromatic nitrogens is 1. The molecule has 0 fully saturated rings. The van der Waals surface area contributed by atoms with Crippen molar-refractivity contribution in [1.82, 2.24) is 15.3 Å². The lowest BCUT2D eigenvalue weighted by Gasteiger charge is -2.15. The van der Waals surface area contributed by atoms with Gasteiger partial charge in [-0.15, -0.1) is 0 Å². The highest BCUT2D eigenvalue weighted by atomic mass is 16.2. The van der Waals surface area contributed by atoms with Crippen molar-refractivity contribution in [2.75, 3.05) is 19.6 Å². The summed E-state index contributed by atoms with van der Waals surface area (Å²) in [5.41, 5.74) is 5.42. The number of pyridine rings is 1. The Morgan fingerprint density at radius 1 is 1.04 bits per heavy atom. The van der Waals surface area contributed by atoms with Gasteiger partial charge < -0.3 is 0 Å². The van der Waals surface area contributed by atoms with Crippen molar-refractivity contribution in [2.24, 2.45) is 5.10 Å². The second-order valence-electron chi connectivity index (χ2n) is 5.81. The Balaban J connectivity index is 1.90. The molecule has 0 bridgehead atoms. The Labute approximate surface area is 147 Å². The summed E-state index contributed by atoms with van der Waals surface area (Å²) in [6.45, 7) is 6.10. The number of nitrogens with zero attached hydrogens (tertiary/aromatic N) is 3. The molecule has 2 aromatic carbocycles. The first kappa shape index (κ1) is 17.0. The van der Waals surface area contributed by atoms with Crippen LogP contribution in [0.25, 0.3) is 21.8 Å². The van der Waals surface area contributed by atoms with E-state index in [9.17, 15) is 4.79 Å². The SMILES string of the molecule is CCN(CC)CC(=O)N/N=C/c1c2ccccc2nc2ccccc12. The van der Waals surface area contributed by atoms with Gasteiger partial charge in [0.1, 0.15) is 0 Å². The first-order valence-corrected chi connectivity index (χ1v) is 8.54. The van der Waals surface area contributed by atoms with Gasteiger partial charge in [0, 0.05) is 16.3 Å². The standard InChI is InChI=1S/C20H22N4O/c1-3-24(4-2)14-20(25)23-21-13-17-15-9-5-7-11-18(15)22-19-12-8-6-10-16(17)19/h5-13H,3-4,14H2,1-2H3,(H,23,25)/b21-13+. The van der Waals surface area contributed by atoms with Gasteiger partial charge in [-0.2, -0.15) is 5.10 Å². The Morgan fingerprint density at radius 2 is 1.60 bits per heavy atom. The van der Waals surface area contributed by atoms with E-state index in [-0.39, 0.29) is 5.91 Å². The largest absolute Gasteiger partial charge is 0.295 e. The number of hydrogen-bond acceptors (Lipinski definition) is 4. The topological polar surface area (TPSA) is 57.6 Å². The quantitative estimate of drug-likeness (QED) is 0.428. The van der Waals surface area contributed by atoms with Crippen LogP contribution in [0.4, 0.5) is 0 Å². The average Bonchev–Trinajstić information content (AvgIpc) is 2.65. The summed E-state index contributed by atoms with van der Waals surface area (Å²) in [4.78, 5) is 18.7. The normalized spacial score (nSPS) is 11.6. The van der Waals surface area contributed by atoms with Crippen molar-refractivity contribution < 1.29 is 4.79 Å². The fourth-order valence-electron chi connectivity index (χ4n) is 2.87. The molecule has 3 rings (SSSR count). The van der Waals surface area contributed by atoms with E-state index in [4.69, 9.17) is 0 Å². The molecule has 0 saturated heterocycles. The van der Waals surface area contributed by atoms with Gasteiger partial charge in [0.2, 0.25) is 0 Å². The first-order valence-electron chi connectivity index (χ1n) is 8.54. The van der Waals surface area contributed by atoms with Crippen LogP contribution in [0, 0.1) is 0 Å². The molecule has 5 heteroatoms. The van der Waals surface area contributed by atoms with Crippen molar-refractivity contribution in [3.05, 3.63) is 54.1 Å². The summed E-state index contributed by atoms with van der Waals surface area (Å²) in [6, 6.07) is 15.9. The van der Waals surface area contributed by atoms with E-state index in [1.54, 1.807) is 6.21 Å². The van der Waals surface area contributed by atoms with Gasteiger partial charge in [-0.1, -0.05) is 50.2 Å². The number of para-hydroxylation sites is 2. The van der Waals surface area contributed by atoms with E-state index in [1.807, 2.05) is 67.3 Å². The zero-order valence-corrected chi connectivity index (χ0v) is 14.6. The van der Waals surface area contributed by atoms with Crippen LogP contribution in [0.2, 0.25) is 0 Å². The van der Waals surface area contributed by atoms with Crippen LogP contribution in [0.15, 0.2) is 53.6 Å². The molecule has 3 aromatic rings. The van der Waals surface area contributed by atoms with Crippen molar-refractivity contribution in [3.63, 3.8) is 0 Å². The number of amides is 1. The third-order valence-electron chi connectivity index (χ3n) is 4.27. The minimum Gasteiger partial charge on any atom is -0.295 e. The Morgan fingerprint density at radius 3 is 2.16 bits per heavy atom. The van der Waals surface area contributed by atoms with Crippen LogP contribution < -0.4 is 5.43 Å². The summed E-state index contributed by atoms with van der Waals surface area (Å²) < 4.78 is 0. The van der Waals surface area contributed by atoms with Crippen LogP contribution in [-0.4, -0.2) is 41.6 Å². The number of hydrogen-bond donors (Lipinski definition) is 1. The highest BCUT2D eigenvalue weighted by Crippen LogP contribution is 2.24. The van der Waals surface area contributed by atoms with Gasteiger partial charge in [0.15, 0.2) is 0 Å². The van der Waals surface area contributed by atoms with E-state index >= 15 is 0 Å². The lowest BCUT2D eigenvalue weighted by molar-refractivity contribution is -0.122. The Bertz CT molecular complexity index is 862. The van der Waals surface area contributed by atoms with Crippen LogP contribution >= 0.6 is 0 Å². The molecule has 1 N–H and O–H groups in total. The second-order valence-corrected chi connectivity index (χ2v) is 5.81. The zero-order valence-electron chi connectivity index (χ0n) is 14.6. The number of rotatable bonds is 6. The second kappa shape index (κ2) is 7.85. The third kappa shape index (κ3) is 3.83. The van der Waals surface area contributed by atoms with E-state index < -0.39 is 0 Å². The fourth-order valence-corrected chi connectivity index (χ4v) is 2.87. The number of carbonyl (C=O) groups is 1. The summed E-state index contributed by atoms with van der Waals surface area (Å²) >= 11 is 0. The van der Waals surface area contributed by atoms with Gasteiger partial charge in [-0.25, -0.2) is 10.4 Å². The summed E-state index contributed by atoms with van der Waals surface area (Å²) in [7, 11) is 0. The molecule has 0 radical (unpaired) electrons. The molecule has 1 amide bonds. The van der Waals surface area contributed by atoms with Gasteiger partial charge in [0.05, 0.1) is 23.8 Å². The lowest BCUT2D eigenvalue weighted by atomic mass is 10.0. The van der Waals surface area contributed by atoms with Crippen molar-refractivity contribution in [2.45, 2.75) is 13.8 Å². The zero-order chi connectivity index (χ0) is 17.6. The molecule has 0 spiro atoms. The molecule has 0 aliphatic heterocycles. The van der Waals surface area contributed by atoms with Crippen molar-refractivity contribution in [1.29, 1.82) is 0 Å². The fraction of sp³-hybridized carbons (Fsp3) is 0.250. The Hall–Kier alpha value is -2.79. The smallest absolute Gasteiger partial charge is 0.254 e. The molecule has 0 saturated carbocycles. The number of fused-ring (bicyclic) bond motifs is 2. The highest BCUT2D eigenvalue weighted by molar-refractivity contribution is 6.10. The van der Waals surface area contributed by atoms with E-state index in [0.717, 1.165) is 40.5 Å². The maximum Gasteiger partial charge on any atom is 0.254 e. The maximum absolute atomic E-state index is 12.0. The number of hydrazone groups is 1. The number of nitrogens with one attached hydrogen (secondary N) is 1. The van der Waals surface area contributed by atoms with E-state index in [2.05, 4.69) is 15.5 Å². The predicted octanol–water partition coefficient (Wildman–Crippen LogP) is 3.18. The van der Waals surface area contributed by atoms with Gasteiger partial charge in [0.25, 0.3) is 5.91 Å². The van der Waals surface area contributed by atoms with Crippen LogP contribution in [0.5, 0.6) is 0 Å². The van der Waals surface area contributed by atoms with Gasteiger partial charge in [-0.05, 0) is 25.2 Å². The summed E-state index contributed by atoms with van der Waals surface area (Å²) in [5, 5.41) is 6.22. The summed E-state index contributed by atoms with van der Waals surface area (Å²) in [6.07, 6.45) is 1.71. The highest BCUT2D eigenvalue weighted by Gasteiger charge is 2.08. The average molecular weight is 334 g/mol. The number of likely N-dealkylation sites (N-methyl/N-ethyl adjacent to an activating group) is 1. The minimum atomic E-state index is -0.109. The lowest BCUT2D eigenvalue weighted by Crippen LogP contribution is -2.35. The maximum atomic E-state index is 12.0. The molecule has 128 valence electrons. The van der Waals surface area contributed by atoms with Gasteiger partial charge >= 0.3 is 0 Å². The Kier molecular flexibility index (Phi) is 5.36. The van der Waals surface area contributed by atoms with Gasteiger partial charge in [-0.3, -0.25) is 9.69 Å². The number of benzene rings is 2. The molecule has 25 heavy (non-hydrogen) atoms. The monoisotopic (exact) mass is 334 g/mol. The van der Waals surface area contributed by atoms with Crippen LogP contribution in [0.3, 0.4) is 0 Å². The molecule has 0 atom stereocenters. The minimum absolute atomic E-state index is 0.109. The van der Waals surface area contributed by atoms with E-state index in [0.29, 0.717) is 6.54 Å². The summed E-state index contributed by atoms with van der Waals surface area (Å²) in [5.74, 6) is -0.109. The molecule has 1 heterocycles. The van der Waals surface area contributed by atoms with Crippen molar-refractivity contribution in [3.8, 4) is 0 Å². The molecule has 1 aromatic heterocycles. The van der Waals surface area contributed by atoms with Crippen LogP contribution in [-0.2, 0) is 4.79 Å². The molecular weight excluding hydrogens is 312 g/mol. The van der Waals surface area contributed by atoms with E-state index in [1.165, 1.54) is 0 Å².